The van der Waals surface area contributed by atoms with Crippen LogP contribution in [0.25, 0.3) is 10.9 Å². The van der Waals surface area contributed by atoms with E-state index in [-0.39, 0.29) is 11.8 Å². The van der Waals surface area contributed by atoms with Gasteiger partial charge in [0.1, 0.15) is 5.82 Å². The SMILES string of the molecule is COC(=O)CCN1CCC(c2c[nH]c3cc(F)ccc23)C1. The first-order valence-electron chi connectivity index (χ1n) is 7.23. The number of nitrogens with one attached hydrogen (secondary N) is 1. The van der Waals surface area contributed by atoms with Crippen LogP contribution in [0.4, 0.5) is 4.39 Å². The molecule has 0 saturated carbocycles. The Morgan fingerprint density at radius 2 is 2.38 bits per heavy atom. The predicted octanol–water partition coefficient (Wildman–Crippen LogP) is 2.66. The third-order valence-electron chi connectivity index (χ3n) is 4.25. The lowest BCUT2D eigenvalue weighted by molar-refractivity contribution is -0.140. The summed E-state index contributed by atoms with van der Waals surface area (Å²) in [7, 11) is 1.42. The molecule has 0 aliphatic carbocycles. The molecule has 3 rings (SSSR count). The van der Waals surface area contributed by atoms with E-state index in [1.807, 2.05) is 12.3 Å². The molecule has 1 saturated heterocycles. The first-order valence-corrected chi connectivity index (χ1v) is 7.23. The summed E-state index contributed by atoms with van der Waals surface area (Å²) in [6, 6.07) is 4.88. The van der Waals surface area contributed by atoms with Crippen molar-refractivity contribution in [3.05, 3.63) is 35.8 Å². The molecule has 1 aliphatic rings. The molecule has 5 heteroatoms. The number of rotatable bonds is 4. The topological polar surface area (TPSA) is 45.3 Å². The highest BCUT2D eigenvalue weighted by molar-refractivity contribution is 5.83. The molecule has 112 valence electrons. The Labute approximate surface area is 122 Å². The number of hydrogen-bond donors (Lipinski definition) is 1. The second kappa shape index (κ2) is 5.85. The van der Waals surface area contributed by atoms with Crippen molar-refractivity contribution in [3.8, 4) is 0 Å². The van der Waals surface area contributed by atoms with E-state index in [4.69, 9.17) is 0 Å². The van der Waals surface area contributed by atoms with Gasteiger partial charge in [-0.2, -0.15) is 0 Å². The van der Waals surface area contributed by atoms with E-state index in [2.05, 4.69) is 14.6 Å². The lowest BCUT2D eigenvalue weighted by Gasteiger charge is -2.15. The van der Waals surface area contributed by atoms with Crippen molar-refractivity contribution in [2.75, 3.05) is 26.7 Å². The molecule has 0 radical (unpaired) electrons. The second-order valence-electron chi connectivity index (χ2n) is 5.55. The molecule has 1 N–H and O–H groups in total. The zero-order valence-corrected chi connectivity index (χ0v) is 12.1. The molecule has 4 nitrogen and oxygen atoms in total. The smallest absolute Gasteiger partial charge is 0.306 e. The van der Waals surface area contributed by atoms with Crippen LogP contribution in [0.1, 0.15) is 24.3 Å². The van der Waals surface area contributed by atoms with E-state index in [0.29, 0.717) is 12.3 Å². The molecule has 2 heterocycles. The number of aromatic nitrogens is 1. The van der Waals surface area contributed by atoms with Gasteiger partial charge in [-0.1, -0.05) is 0 Å². The third-order valence-corrected chi connectivity index (χ3v) is 4.25. The number of likely N-dealkylation sites (tertiary alicyclic amines) is 1. The minimum atomic E-state index is -0.220. The van der Waals surface area contributed by atoms with Crippen LogP contribution >= 0.6 is 0 Å². The monoisotopic (exact) mass is 290 g/mol. The minimum Gasteiger partial charge on any atom is -0.469 e. The van der Waals surface area contributed by atoms with Crippen molar-refractivity contribution in [2.24, 2.45) is 0 Å². The minimum absolute atomic E-state index is 0.166. The normalized spacial score (nSPS) is 19.2. The summed E-state index contributed by atoms with van der Waals surface area (Å²) < 4.78 is 17.9. The van der Waals surface area contributed by atoms with Gasteiger partial charge in [-0.25, -0.2) is 4.39 Å². The van der Waals surface area contributed by atoms with Crippen LogP contribution in [0.2, 0.25) is 0 Å². The summed E-state index contributed by atoms with van der Waals surface area (Å²) in [6.07, 6.45) is 3.48. The van der Waals surface area contributed by atoms with E-state index in [1.165, 1.54) is 24.8 Å². The zero-order valence-electron chi connectivity index (χ0n) is 12.1. The van der Waals surface area contributed by atoms with Gasteiger partial charge in [0.25, 0.3) is 0 Å². The molecule has 0 spiro atoms. The summed E-state index contributed by atoms with van der Waals surface area (Å²) in [5.74, 6) is 0.0462. The van der Waals surface area contributed by atoms with Crippen molar-refractivity contribution in [1.82, 2.24) is 9.88 Å². The summed E-state index contributed by atoms with van der Waals surface area (Å²) in [5.41, 5.74) is 2.09. The van der Waals surface area contributed by atoms with Gasteiger partial charge in [0, 0.05) is 30.2 Å². The lowest BCUT2D eigenvalue weighted by atomic mass is 9.98. The third kappa shape index (κ3) is 2.93. The fourth-order valence-corrected chi connectivity index (χ4v) is 3.10. The van der Waals surface area contributed by atoms with Gasteiger partial charge in [-0.05, 0) is 42.6 Å². The molecule has 1 fully saturated rings. The number of aromatic amines is 1. The number of methoxy groups -OCH3 is 1. The fourth-order valence-electron chi connectivity index (χ4n) is 3.10. The standard InChI is InChI=1S/C16H19FN2O2/c1-21-16(20)5-7-19-6-4-11(10-19)14-9-18-15-8-12(17)2-3-13(14)15/h2-3,8-9,11,18H,4-7,10H2,1H3. The average Bonchev–Trinajstić information content (AvgIpc) is 3.10. The van der Waals surface area contributed by atoms with Gasteiger partial charge in [-0.3, -0.25) is 4.79 Å². The van der Waals surface area contributed by atoms with Gasteiger partial charge >= 0.3 is 5.97 Å². The maximum absolute atomic E-state index is 13.2. The van der Waals surface area contributed by atoms with Crippen LogP contribution < -0.4 is 0 Å². The molecule has 2 aromatic rings. The van der Waals surface area contributed by atoms with Crippen LogP contribution in [0, 0.1) is 5.82 Å². The highest BCUT2D eigenvalue weighted by Crippen LogP contribution is 2.32. The Kier molecular flexibility index (Phi) is 3.92. The summed E-state index contributed by atoms with van der Waals surface area (Å²) in [5, 5.41) is 1.09. The number of carbonyl (C=O) groups excluding carboxylic acids is 1. The molecule has 1 aromatic heterocycles. The summed E-state index contributed by atoms with van der Waals surface area (Å²) >= 11 is 0. The van der Waals surface area contributed by atoms with Gasteiger partial charge < -0.3 is 14.6 Å². The highest BCUT2D eigenvalue weighted by atomic mass is 19.1. The molecule has 1 aromatic carbocycles. The van der Waals surface area contributed by atoms with Gasteiger partial charge in [-0.15, -0.1) is 0 Å². The summed E-state index contributed by atoms with van der Waals surface area (Å²) in [6.45, 7) is 2.65. The number of halogens is 1. The zero-order chi connectivity index (χ0) is 14.8. The first kappa shape index (κ1) is 14.1. The molecule has 1 aliphatic heterocycles. The first-order chi connectivity index (χ1) is 10.2. The number of nitrogens with zero attached hydrogens (tertiary/aromatic N) is 1. The van der Waals surface area contributed by atoms with Crippen LogP contribution in [0.5, 0.6) is 0 Å². The number of hydrogen-bond acceptors (Lipinski definition) is 3. The Balaban J connectivity index is 1.69. The number of H-pyrrole nitrogens is 1. The number of benzene rings is 1. The molecular weight excluding hydrogens is 271 g/mol. The Bertz CT molecular complexity index is 653. The Morgan fingerprint density at radius 1 is 1.52 bits per heavy atom. The van der Waals surface area contributed by atoms with Crippen LogP contribution in [0.15, 0.2) is 24.4 Å². The molecule has 0 bridgehead atoms. The van der Waals surface area contributed by atoms with Gasteiger partial charge in [0.15, 0.2) is 0 Å². The molecular formula is C16H19FN2O2. The van der Waals surface area contributed by atoms with Gasteiger partial charge in [0.2, 0.25) is 0 Å². The molecule has 1 atom stereocenters. The maximum atomic E-state index is 13.2. The highest BCUT2D eigenvalue weighted by Gasteiger charge is 2.26. The van der Waals surface area contributed by atoms with Crippen molar-refractivity contribution in [1.29, 1.82) is 0 Å². The average molecular weight is 290 g/mol. The van der Waals surface area contributed by atoms with Gasteiger partial charge in [0.05, 0.1) is 13.5 Å². The van der Waals surface area contributed by atoms with E-state index >= 15 is 0 Å². The van der Waals surface area contributed by atoms with E-state index in [0.717, 1.165) is 37.0 Å². The van der Waals surface area contributed by atoms with Crippen LogP contribution in [-0.2, 0) is 9.53 Å². The molecule has 1 unspecified atom stereocenters. The van der Waals surface area contributed by atoms with Crippen molar-refractivity contribution < 1.29 is 13.9 Å². The quantitative estimate of drug-likeness (QED) is 0.881. The second-order valence-corrected chi connectivity index (χ2v) is 5.55. The number of carbonyl (C=O) groups is 1. The predicted molar refractivity (Wildman–Crippen MR) is 78.7 cm³/mol. The van der Waals surface area contributed by atoms with Crippen molar-refractivity contribution in [3.63, 3.8) is 0 Å². The van der Waals surface area contributed by atoms with E-state index in [9.17, 15) is 9.18 Å². The summed E-state index contributed by atoms with van der Waals surface area (Å²) in [4.78, 5) is 16.6. The maximum Gasteiger partial charge on any atom is 0.306 e. The lowest BCUT2D eigenvalue weighted by Crippen LogP contribution is -2.24. The fraction of sp³-hybridized carbons (Fsp3) is 0.438. The molecule has 21 heavy (non-hydrogen) atoms. The Morgan fingerprint density at radius 3 is 3.19 bits per heavy atom. The van der Waals surface area contributed by atoms with E-state index in [1.54, 1.807) is 0 Å². The Hall–Kier alpha value is -1.88. The number of esters is 1. The molecule has 0 amide bonds. The van der Waals surface area contributed by atoms with Crippen molar-refractivity contribution in [2.45, 2.75) is 18.8 Å². The number of fused-ring (bicyclic) bond motifs is 1. The van der Waals surface area contributed by atoms with E-state index < -0.39 is 0 Å². The van der Waals surface area contributed by atoms with Crippen LogP contribution in [0.3, 0.4) is 0 Å². The number of ether oxygens (including phenoxy) is 1. The van der Waals surface area contributed by atoms with Crippen molar-refractivity contribution >= 4 is 16.9 Å². The largest absolute Gasteiger partial charge is 0.469 e. The van der Waals surface area contributed by atoms with Crippen LogP contribution in [-0.4, -0.2) is 42.6 Å².